The SMILES string of the molecule is CC(CNC(=O)N1CCOCC1)N(C)C. The highest BCUT2D eigenvalue weighted by molar-refractivity contribution is 5.74. The first-order valence-electron chi connectivity index (χ1n) is 5.38. The second-order valence-electron chi connectivity index (χ2n) is 4.10. The minimum absolute atomic E-state index is 0.0204. The van der Waals surface area contributed by atoms with Crippen molar-refractivity contribution in [2.45, 2.75) is 13.0 Å². The first-order valence-corrected chi connectivity index (χ1v) is 5.38. The van der Waals surface area contributed by atoms with E-state index in [0.717, 1.165) is 0 Å². The van der Waals surface area contributed by atoms with Gasteiger partial charge in [0.15, 0.2) is 0 Å². The predicted octanol–water partition coefficient (Wildman–Crippen LogP) is -0.0217. The van der Waals surface area contributed by atoms with Gasteiger partial charge in [-0.3, -0.25) is 0 Å². The normalized spacial score (nSPS) is 19.1. The van der Waals surface area contributed by atoms with Crippen molar-refractivity contribution in [3.8, 4) is 0 Å². The molecule has 5 nitrogen and oxygen atoms in total. The topological polar surface area (TPSA) is 44.8 Å². The van der Waals surface area contributed by atoms with E-state index < -0.39 is 0 Å². The zero-order valence-corrected chi connectivity index (χ0v) is 9.82. The van der Waals surface area contributed by atoms with Crippen LogP contribution < -0.4 is 5.32 Å². The molecule has 1 heterocycles. The molecule has 0 aliphatic carbocycles. The van der Waals surface area contributed by atoms with Crippen molar-refractivity contribution in [1.82, 2.24) is 15.1 Å². The molecule has 1 fully saturated rings. The van der Waals surface area contributed by atoms with Gasteiger partial charge in [-0.1, -0.05) is 0 Å². The number of carbonyl (C=O) groups excluding carboxylic acids is 1. The average molecular weight is 215 g/mol. The lowest BCUT2D eigenvalue weighted by molar-refractivity contribution is 0.0529. The molecule has 1 unspecified atom stereocenters. The Hall–Kier alpha value is -0.810. The van der Waals surface area contributed by atoms with Gasteiger partial charge in [0, 0.05) is 25.7 Å². The lowest BCUT2D eigenvalue weighted by Gasteiger charge is -2.28. The van der Waals surface area contributed by atoms with Gasteiger partial charge in [0.25, 0.3) is 0 Å². The van der Waals surface area contributed by atoms with Gasteiger partial charge in [0.1, 0.15) is 0 Å². The molecule has 0 spiro atoms. The number of morpholine rings is 1. The molecule has 1 aliphatic rings. The molecule has 0 saturated carbocycles. The highest BCUT2D eigenvalue weighted by Gasteiger charge is 2.16. The largest absolute Gasteiger partial charge is 0.378 e. The third-order valence-electron chi connectivity index (χ3n) is 2.73. The van der Waals surface area contributed by atoms with E-state index >= 15 is 0 Å². The predicted molar refractivity (Wildman–Crippen MR) is 58.9 cm³/mol. The Bertz CT molecular complexity index is 203. The number of nitrogens with zero attached hydrogens (tertiary/aromatic N) is 2. The number of carbonyl (C=O) groups is 1. The molecule has 1 rings (SSSR count). The summed E-state index contributed by atoms with van der Waals surface area (Å²) in [5.41, 5.74) is 0. The molecule has 0 aromatic rings. The fraction of sp³-hybridized carbons (Fsp3) is 0.900. The molecule has 88 valence electrons. The summed E-state index contributed by atoms with van der Waals surface area (Å²) in [4.78, 5) is 15.5. The maximum Gasteiger partial charge on any atom is 0.317 e. The van der Waals surface area contributed by atoms with E-state index in [-0.39, 0.29) is 6.03 Å². The van der Waals surface area contributed by atoms with Gasteiger partial charge in [-0.05, 0) is 21.0 Å². The van der Waals surface area contributed by atoms with Gasteiger partial charge in [-0.2, -0.15) is 0 Å². The molecule has 1 atom stereocenters. The van der Waals surface area contributed by atoms with Crippen LogP contribution in [-0.2, 0) is 4.74 Å². The highest BCUT2D eigenvalue weighted by atomic mass is 16.5. The Morgan fingerprint density at radius 1 is 1.47 bits per heavy atom. The molecule has 2 amide bonds. The van der Waals surface area contributed by atoms with Crippen LogP contribution in [-0.4, -0.2) is 68.8 Å². The van der Waals surface area contributed by atoms with Gasteiger partial charge in [0.05, 0.1) is 13.2 Å². The van der Waals surface area contributed by atoms with Crippen LogP contribution in [0.1, 0.15) is 6.92 Å². The molecule has 1 N–H and O–H groups in total. The lowest BCUT2D eigenvalue weighted by atomic mass is 10.3. The number of hydrogen-bond donors (Lipinski definition) is 1. The van der Waals surface area contributed by atoms with E-state index in [9.17, 15) is 4.79 Å². The van der Waals surface area contributed by atoms with E-state index in [0.29, 0.717) is 38.9 Å². The molecule has 0 aromatic carbocycles. The van der Waals surface area contributed by atoms with Crippen molar-refractivity contribution in [3.63, 3.8) is 0 Å². The summed E-state index contributed by atoms with van der Waals surface area (Å²) in [6, 6.07) is 0.377. The van der Waals surface area contributed by atoms with Crippen molar-refractivity contribution in [3.05, 3.63) is 0 Å². The Morgan fingerprint density at radius 3 is 2.60 bits per heavy atom. The maximum absolute atomic E-state index is 11.7. The number of ether oxygens (including phenoxy) is 1. The highest BCUT2D eigenvalue weighted by Crippen LogP contribution is 1.97. The summed E-state index contributed by atoms with van der Waals surface area (Å²) in [7, 11) is 4.01. The average Bonchev–Trinajstić information content (AvgIpc) is 2.26. The van der Waals surface area contributed by atoms with Crippen LogP contribution in [0.3, 0.4) is 0 Å². The Balaban J connectivity index is 2.22. The van der Waals surface area contributed by atoms with Crippen LogP contribution in [0.2, 0.25) is 0 Å². The molecule has 0 radical (unpaired) electrons. The summed E-state index contributed by atoms with van der Waals surface area (Å²) in [5, 5.41) is 2.92. The van der Waals surface area contributed by atoms with Crippen LogP contribution in [0.4, 0.5) is 4.79 Å². The van der Waals surface area contributed by atoms with Crippen LogP contribution in [0.25, 0.3) is 0 Å². The van der Waals surface area contributed by atoms with Crippen molar-refractivity contribution >= 4 is 6.03 Å². The number of nitrogens with one attached hydrogen (secondary N) is 1. The quantitative estimate of drug-likeness (QED) is 0.719. The monoisotopic (exact) mass is 215 g/mol. The molecule has 15 heavy (non-hydrogen) atoms. The van der Waals surface area contributed by atoms with E-state index in [1.54, 1.807) is 4.90 Å². The van der Waals surface area contributed by atoms with Crippen LogP contribution >= 0.6 is 0 Å². The van der Waals surface area contributed by atoms with E-state index in [2.05, 4.69) is 17.1 Å². The van der Waals surface area contributed by atoms with Gasteiger partial charge < -0.3 is 19.9 Å². The number of likely N-dealkylation sites (N-methyl/N-ethyl adjacent to an activating group) is 1. The summed E-state index contributed by atoms with van der Waals surface area (Å²) in [6.45, 7) is 5.46. The van der Waals surface area contributed by atoms with E-state index in [1.165, 1.54) is 0 Å². The molecular formula is C10H21N3O2. The minimum atomic E-state index is 0.0204. The van der Waals surface area contributed by atoms with E-state index in [4.69, 9.17) is 4.74 Å². The van der Waals surface area contributed by atoms with Crippen molar-refractivity contribution in [2.24, 2.45) is 0 Å². The van der Waals surface area contributed by atoms with Gasteiger partial charge in [-0.25, -0.2) is 4.79 Å². The van der Waals surface area contributed by atoms with Crippen LogP contribution in [0.5, 0.6) is 0 Å². The van der Waals surface area contributed by atoms with Crippen molar-refractivity contribution in [1.29, 1.82) is 0 Å². The zero-order chi connectivity index (χ0) is 11.3. The summed E-state index contributed by atoms with van der Waals surface area (Å²) < 4.78 is 5.18. The summed E-state index contributed by atoms with van der Waals surface area (Å²) >= 11 is 0. The minimum Gasteiger partial charge on any atom is -0.378 e. The number of hydrogen-bond acceptors (Lipinski definition) is 3. The zero-order valence-electron chi connectivity index (χ0n) is 9.82. The number of amides is 2. The van der Waals surface area contributed by atoms with Gasteiger partial charge >= 0.3 is 6.03 Å². The third-order valence-corrected chi connectivity index (χ3v) is 2.73. The maximum atomic E-state index is 11.7. The molecular weight excluding hydrogens is 194 g/mol. The Morgan fingerprint density at radius 2 is 2.07 bits per heavy atom. The number of rotatable bonds is 3. The standard InChI is InChI=1S/C10H21N3O2/c1-9(12(2)3)8-11-10(14)13-4-6-15-7-5-13/h9H,4-8H2,1-3H3,(H,11,14). The second kappa shape index (κ2) is 5.92. The summed E-state index contributed by atoms with van der Waals surface area (Å²) in [6.07, 6.45) is 0. The second-order valence-corrected chi connectivity index (χ2v) is 4.10. The lowest BCUT2D eigenvalue weighted by Crippen LogP contribution is -2.48. The fourth-order valence-corrected chi connectivity index (χ4v) is 1.30. The van der Waals surface area contributed by atoms with Crippen molar-refractivity contribution < 1.29 is 9.53 Å². The van der Waals surface area contributed by atoms with E-state index in [1.807, 2.05) is 14.1 Å². The first-order chi connectivity index (χ1) is 7.11. The third kappa shape index (κ3) is 4.05. The van der Waals surface area contributed by atoms with Crippen LogP contribution in [0, 0.1) is 0 Å². The molecule has 1 aliphatic heterocycles. The van der Waals surface area contributed by atoms with Gasteiger partial charge in [-0.15, -0.1) is 0 Å². The molecule has 1 saturated heterocycles. The van der Waals surface area contributed by atoms with Crippen LogP contribution in [0.15, 0.2) is 0 Å². The molecule has 5 heteroatoms. The number of urea groups is 1. The Labute approximate surface area is 91.4 Å². The summed E-state index contributed by atoms with van der Waals surface area (Å²) in [5.74, 6) is 0. The Kier molecular flexibility index (Phi) is 4.84. The first kappa shape index (κ1) is 12.3. The molecule has 0 aromatic heterocycles. The fourth-order valence-electron chi connectivity index (χ4n) is 1.30. The molecule has 0 bridgehead atoms. The van der Waals surface area contributed by atoms with Gasteiger partial charge in [0.2, 0.25) is 0 Å². The van der Waals surface area contributed by atoms with Crippen molar-refractivity contribution in [2.75, 3.05) is 46.9 Å². The smallest absolute Gasteiger partial charge is 0.317 e.